The zero-order valence-electron chi connectivity index (χ0n) is 12.7. The Balaban J connectivity index is 1.99. The summed E-state index contributed by atoms with van der Waals surface area (Å²) in [5.74, 6) is -1.37. The molecular formula is C16H12N2O6S. The van der Waals surface area contributed by atoms with E-state index in [2.05, 4.69) is 0 Å². The van der Waals surface area contributed by atoms with Gasteiger partial charge in [0, 0.05) is 0 Å². The van der Waals surface area contributed by atoms with Crippen LogP contribution in [0, 0.1) is 0 Å². The van der Waals surface area contributed by atoms with Crippen molar-refractivity contribution in [3.8, 4) is 0 Å². The van der Waals surface area contributed by atoms with Crippen LogP contribution >= 0.6 is 0 Å². The Kier molecular flexibility index (Phi) is 4.11. The van der Waals surface area contributed by atoms with Gasteiger partial charge in [0.25, 0.3) is 10.1 Å². The summed E-state index contributed by atoms with van der Waals surface area (Å²) in [6.45, 7) is 0. The van der Waals surface area contributed by atoms with Crippen molar-refractivity contribution in [3.63, 3.8) is 0 Å². The zero-order chi connectivity index (χ0) is 18.2. The number of benzene rings is 2. The minimum atomic E-state index is -4.39. The number of nitrogens with zero attached hydrogens (tertiary/aromatic N) is 2. The second kappa shape index (κ2) is 6.11. The van der Waals surface area contributed by atoms with Crippen molar-refractivity contribution >= 4 is 39.3 Å². The smallest absolute Gasteiger partial charge is 0.282 e. The summed E-state index contributed by atoms with van der Waals surface area (Å²) >= 11 is 0. The summed E-state index contributed by atoms with van der Waals surface area (Å²) in [5.41, 5.74) is 0.417. The van der Waals surface area contributed by atoms with Gasteiger partial charge in [-0.1, -0.05) is 18.2 Å². The van der Waals surface area contributed by atoms with E-state index in [1.165, 1.54) is 12.1 Å². The lowest BCUT2D eigenvalue weighted by Gasteiger charge is -2.32. The van der Waals surface area contributed by atoms with E-state index in [-0.39, 0.29) is 10.6 Å². The Hall–Kier alpha value is -3.04. The molecule has 1 saturated heterocycles. The van der Waals surface area contributed by atoms with Crippen LogP contribution in [0.5, 0.6) is 0 Å². The molecule has 0 saturated carbocycles. The van der Waals surface area contributed by atoms with E-state index in [0.29, 0.717) is 5.69 Å². The van der Waals surface area contributed by atoms with Crippen molar-refractivity contribution in [2.45, 2.75) is 11.3 Å². The van der Waals surface area contributed by atoms with Crippen LogP contribution in [-0.2, 0) is 19.7 Å². The van der Waals surface area contributed by atoms with Gasteiger partial charge in [-0.15, -0.1) is 0 Å². The molecule has 0 atom stereocenters. The third-order valence-electron chi connectivity index (χ3n) is 3.59. The Morgan fingerprint density at radius 1 is 0.760 bits per heavy atom. The number of rotatable bonds is 3. The SMILES string of the molecule is O=C1CC(=O)N(c2ccc(S(=O)(=O)O)cc2)C(=O)N1c1ccccc1. The molecule has 128 valence electrons. The molecule has 3 rings (SSSR count). The third kappa shape index (κ3) is 3.14. The Bertz CT molecular complexity index is 954. The topological polar surface area (TPSA) is 112 Å². The molecule has 1 aliphatic heterocycles. The molecule has 8 nitrogen and oxygen atoms in total. The Labute approximate surface area is 143 Å². The van der Waals surface area contributed by atoms with E-state index in [1.807, 2.05) is 0 Å². The van der Waals surface area contributed by atoms with E-state index in [0.717, 1.165) is 21.9 Å². The molecule has 1 heterocycles. The highest BCUT2D eigenvalue weighted by atomic mass is 32.2. The van der Waals surface area contributed by atoms with Gasteiger partial charge in [0.2, 0.25) is 11.8 Å². The van der Waals surface area contributed by atoms with Crippen molar-refractivity contribution in [2.75, 3.05) is 9.80 Å². The Morgan fingerprint density at radius 3 is 1.72 bits per heavy atom. The molecular weight excluding hydrogens is 348 g/mol. The van der Waals surface area contributed by atoms with Gasteiger partial charge in [-0.3, -0.25) is 14.1 Å². The largest absolute Gasteiger partial charge is 0.342 e. The maximum atomic E-state index is 12.7. The zero-order valence-corrected chi connectivity index (χ0v) is 13.5. The molecule has 0 bridgehead atoms. The van der Waals surface area contributed by atoms with Gasteiger partial charge in [-0.2, -0.15) is 8.42 Å². The fourth-order valence-corrected chi connectivity index (χ4v) is 2.93. The lowest BCUT2D eigenvalue weighted by atomic mass is 10.2. The second-order valence-electron chi connectivity index (χ2n) is 5.22. The fraction of sp³-hybridized carbons (Fsp3) is 0.0625. The van der Waals surface area contributed by atoms with Crippen molar-refractivity contribution in [2.24, 2.45) is 0 Å². The van der Waals surface area contributed by atoms with Gasteiger partial charge in [0.05, 0.1) is 16.3 Å². The van der Waals surface area contributed by atoms with Crippen LogP contribution in [-0.4, -0.2) is 30.8 Å². The van der Waals surface area contributed by atoms with Crippen molar-refractivity contribution in [1.29, 1.82) is 0 Å². The van der Waals surface area contributed by atoms with Crippen molar-refractivity contribution in [1.82, 2.24) is 0 Å². The molecule has 0 aliphatic carbocycles. The highest BCUT2D eigenvalue weighted by Gasteiger charge is 2.39. The van der Waals surface area contributed by atoms with Crippen LogP contribution in [0.1, 0.15) is 6.42 Å². The molecule has 0 radical (unpaired) electrons. The number of carbonyl (C=O) groups excluding carboxylic acids is 3. The number of urea groups is 1. The molecule has 0 unspecified atom stereocenters. The summed E-state index contributed by atoms with van der Waals surface area (Å²) in [6.07, 6.45) is -0.499. The summed E-state index contributed by atoms with van der Waals surface area (Å²) in [6, 6.07) is 11.8. The number of imide groups is 2. The predicted octanol–water partition coefficient (Wildman–Crippen LogP) is 1.82. The first kappa shape index (κ1) is 16.8. The van der Waals surface area contributed by atoms with Crippen LogP contribution in [0.2, 0.25) is 0 Å². The second-order valence-corrected chi connectivity index (χ2v) is 6.64. The first-order valence-electron chi connectivity index (χ1n) is 7.11. The van der Waals surface area contributed by atoms with Crippen LogP contribution < -0.4 is 9.80 Å². The number of carbonyl (C=O) groups is 3. The lowest BCUT2D eigenvalue weighted by Crippen LogP contribution is -2.55. The normalized spacial score (nSPS) is 15.6. The van der Waals surface area contributed by atoms with E-state index in [4.69, 9.17) is 4.55 Å². The van der Waals surface area contributed by atoms with Crippen molar-refractivity contribution in [3.05, 3.63) is 54.6 Å². The maximum Gasteiger partial charge on any atom is 0.342 e. The summed E-state index contributed by atoms with van der Waals surface area (Å²) in [4.78, 5) is 38.3. The summed E-state index contributed by atoms with van der Waals surface area (Å²) in [7, 11) is -4.39. The quantitative estimate of drug-likeness (QED) is 0.660. The van der Waals surface area contributed by atoms with Gasteiger partial charge >= 0.3 is 6.03 Å². The molecule has 25 heavy (non-hydrogen) atoms. The molecule has 0 aromatic heterocycles. The fourth-order valence-electron chi connectivity index (χ4n) is 2.45. The number of anilines is 2. The number of hydrogen-bond acceptors (Lipinski definition) is 5. The number of para-hydroxylation sites is 1. The average molecular weight is 360 g/mol. The monoisotopic (exact) mass is 360 g/mol. The lowest BCUT2D eigenvalue weighted by molar-refractivity contribution is -0.126. The predicted molar refractivity (Wildman–Crippen MR) is 87.7 cm³/mol. The van der Waals surface area contributed by atoms with E-state index < -0.39 is 34.4 Å². The molecule has 2 aromatic rings. The van der Waals surface area contributed by atoms with Gasteiger partial charge in [0.1, 0.15) is 6.42 Å². The van der Waals surface area contributed by atoms with Gasteiger partial charge in [-0.05, 0) is 36.4 Å². The highest BCUT2D eigenvalue weighted by molar-refractivity contribution is 7.85. The van der Waals surface area contributed by atoms with Crippen LogP contribution in [0.25, 0.3) is 0 Å². The molecule has 1 aliphatic rings. The highest BCUT2D eigenvalue weighted by Crippen LogP contribution is 2.26. The molecule has 1 fully saturated rings. The molecule has 9 heteroatoms. The molecule has 1 N–H and O–H groups in total. The van der Waals surface area contributed by atoms with Crippen LogP contribution in [0.4, 0.5) is 16.2 Å². The molecule has 0 spiro atoms. The van der Waals surface area contributed by atoms with Gasteiger partial charge in [-0.25, -0.2) is 14.6 Å². The molecule has 2 aromatic carbocycles. The minimum absolute atomic E-state index is 0.0934. The molecule has 4 amide bonds. The third-order valence-corrected chi connectivity index (χ3v) is 4.46. The number of barbiturate groups is 1. The number of amides is 4. The van der Waals surface area contributed by atoms with E-state index >= 15 is 0 Å². The number of hydrogen-bond donors (Lipinski definition) is 1. The van der Waals surface area contributed by atoms with E-state index in [1.54, 1.807) is 30.3 Å². The average Bonchev–Trinajstić information content (AvgIpc) is 2.55. The first-order chi connectivity index (χ1) is 11.8. The van der Waals surface area contributed by atoms with Crippen molar-refractivity contribution < 1.29 is 27.4 Å². The van der Waals surface area contributed by atoms with E-state index in [9.17, 15) is 22.8 Å². The standard InChI is InChI=1S/C16H12N2O6S/c19-14-10-15(20)18(12-6-8-13(9-7-12)25(22,23)24)16(21)17(14)11-4-2-1-3-5-11/h1-9H,10H2,(H,22,23,24). The summed E-state index contributed by atoms with van der Waals surface area (Å²) < 4.78 is 31.2. The van der Waals surface area contributed by atoms with Gasteiger partial charge < -0.3 is 0 Å². The summed E-state index contributed by atoms with van der Waals surface area (Å²) in [5, 5.41) is 0. The van der Waals surface area contributed by atoms with Crippen LogP contribution in [0.3, 0.4) is 0 Å². The van der Waals surface area contributed by atoms with Crippen LogP contribution in [0.15, 0.2) is 59.5 Å². The maximum absolute atomic E-state index is 12.7. The first-order valence-corrected chi connectivity index (χ1v) is 8.55. The van der Waals surface area contributed by atoms with Gasteiger partial charge in [0.15, 0.2) is 0 Å². The minimum Gasteiger partial charge on any atom is -0.282 e. The Morgan fingerprint density at radius 2 is 1.24 bits per heavy atom.